The summed E-state index contributed by atoms with van der Waals surface area (Å²) in [6.07, 6.45) is 1.95. The Kier molecular flexibility index (Phi) is 4.99. The highest BCUT2D eigenvalue weighted by molar-refractivity contribution is 8.18. The third-order valence-corrected chi connectivity index (χ3v) is 6.92. The molecule has 0 unspecified atom stereocenters. The molecule has 6 nitrogen and oxygen atoms in total. The molecule has 0 saturated carbocycles. The number of benzene rings is 2. The zero-order chi connectivity index (χ0) is 19.8. The van der Waals surface area contributed by atoms with E-state index in [0.29, 0.717) is 10.1 Å². The van der Waals surface area contributed by atoms with Crippen molar-refractivity contribution in [3.8, 4) is 0 Å². The second-order valence-electron chi connectivity index (χ2n) is 6.73. The van der Waals surface area contributed by atoms with Gasteiger partial charge in [0, 0.05) is 26.2 Å². The Morgan fingerprint density at radius 3 is 2.52 bits per heavy atom. The normalized spacial score (nSPS) is 18.7. The zero-order valence-corrected chi connectivity index (χ0v) is 17.7. The topological polar surface area (TPSA) is 61.7 Å². The van der Waals surface area contributed by atoms with Gasteiger partial charge in [-0.2, -0.15) is 13.7 Å². The molecule has 5 rings (SSSR count). The monoisotopic (exact) mass is 441 g/mol. The number of rotatable bonds is 2. The summed E-state index contributed by atoms with van der Waals surface area (Å²) >= 11 is 8.66. The molecule has 2 aliphatic heterocycles. The van der Waals surface area contributed by atoms with Gasteiger partial charge in [0.2, 0.25) is 0 Å². The van der Waals surface area contributed by atoms with Crippen molar-refractivity contribution in [3.05, 3.63) is 58.1 Å². The number of aromatic nitrogens is 2. The van der Waals surface area contributed by atoms with E-state index >= 15 is 0 Å². The molecule has 1 saturated heterocycles. The van der Waals surface area contributed by atoms with Gasteiger partial charge in [0.25, 0.3) is 5.91 Å². The fraction of sp³-hybridized carbons (Fsp3) is 0.200. The van der Waals surface area contributed by atoms with Gasteiger partial charge in [0.15, 0.2) is 16.1 Å². The van der Waals surface area contributed by atoms with E-state index < -0.39 is 0 Å². The molecule has 1 amide bonds. The Morgan fingerprint density at radius 2 is 1.72 bits per heavy atom. The number of carbonyl (C=O) groups excluding carboxylic acids is 1. The molecule has 0 radical (unpaired) electrons. The Bertz CT molecular complexity index is 1150. The maximum Gasteiger partial charge on any atom is 0.286 e. The van der Waals surface area contributed by atoms with Crippen molar-refractivity contribution in [2.24, 2.45) is 4.99 Å². The minimum Gasteiger partial charge on any atom is -0.350 e. The molecule has 9 heteroatoms. The summed E-state index contributed by atoms with van der Waals surface area (Å²) in [7, 11) is 0. The maximum atomic E-state index is 12.5. The fourth-order valence-electron chi connectivity index (χ4n) is 3.52. The lowest BCUT2D eigenvalue weighted by atomic mass is 10.0. The van der Waals surface area contributed by atoms with Crippen LogP contribution in [0.3, 0.4) is 0 Å². The number of halogens is 1. The molecule has 29 heavy (non-hydrogen) atoms. The van der Waals surface area contributed by atoms with E-state index in [2.05, 4.69) is 41.7 Å². The van der Waals surface area contributed by atoms with E-state index in [1.807, 2.05) is 30.3 Å². The molecule has 0 N–H and O–H groups in total. The van der Waals surface area contributed by atoms with Crippen molar-refractivity contribution in [1.82, 2.24) is 13.6 Å². The SMILES string of the molecule is O=C1N=C(N2CCN(c3nsnc3Cl)CC2)S/C1=C\c1cccc2ccccc12. The second-order valence-corrected chi connectivity index (χ2v) is 8.63. The van der Waals surface area contributed by atoms with Crippen LogP contribution < -0.4 is 4.90 Å². The van der Waals surface area contributed by atoms with Crippen molar-refractivity contribution in [2.45, 2.75) is 0 Å². The van der Waals surface area contributed by atoms with E-state index in [0.717, 1.165) is 65.2 Å². The van der Waals surface area contributed by atoms with Crippen LogP contribution in [0.5, 0.6) is 0 Å². The third kappa shape index (κ3) is 3.63. The van der Waals surface area contributed by atoms with E-state index in [1.165, 1.54) is 11.8 Å². The van der Waals surface area contributed by atoms with Gasteiger partial charge in [-0.1, -0.05) is 54.1 Å². The highest BCUT2D eigenvalue weighted by atomic mass is 35.5. The molecular formula is C20H16ClN5OS2. The van der Waals surface area contributed by atoms with Crippen LogP contribution in [0.1, 0.15) is 5.56 Å². The first-order chi connectivity index (χ1) is 14.2. The number of amidine groups is 1. The number of fused-ring (bicyclic) bond motifs is 1. The Hall–Kier alpha value is -2.42. The molecule has 0 spiro atoms. The van der Waals surface area contributed by atoms with Crippen molar-refractivity contribution >= 4 is 68.8 Å². The van der Waals surface area contributed by atoms with Gasteiger partial charge in [-0.15, -0.1) is 0 Å². The van der Waals surface area contributed by atoms with Crippen LogP contribution in [0.2, 0.25) is 5.15 Å². The number of nitrogens with zero attached hydrogens (tertiary/aromatic N) is 5. The molecule has 0 atom stereocenters. The first-order valence-corrected chi connectivity index (χ1v) is 11.1. The number of amides is 1. The lowest BCUT2D eigenvalue weighted by molar-refractivity contribution is -0.113. The average Bonchev–Trinajstić information content (AvgIpc) is 3.34. The predicted octanol–water partition coefficient (Wildman–Crippen LogP) is 4.14. The largest absolute Gasteiger partial charge is 0.350 e. The van der Waals surface area contributed by atoms with Crippen LogP contribution >= 0.6 is 35.1 Å². The predicted molar refractivity (Wildman–Crippen MR) is 121 cm³/mol. The molecule has 146 valence electrons. The van der Waals surface area contributed by atoms with Gasteiger partial charge >= 0.3 is 0 Å². The Morgan fingerprint density at radius 1 is 0.966 bits per heavy atom. The summed E-state index contributed by atoms with van der Waals surface area (Å²) in [5.74, 6) is 0.567. The Balaban J connectivity index is 1.31. The molecule has 3 heterocycles. The number of aliphatic imine (C=N–C) groups is 1. The second kappa shape index (κ2) is 7.78. The summed E-state index contributed by atoms with van der Waals surface area (Å²) in [4.78, 5) is 21.7. The van der Waals surface area contributed by atoms with Crippen molar-refractivity contribution < 1.29 is 4.79 Å². The van der Waals surface area contributed by atoms with Gasteiger partial charge in [0.05, 0.1) is 16.6 Å². The summed E-state index contributed by atoms with van der Waals surface area (Å²) in [5, 5.41) is 3.51. The van der Waals surface area contributed by atoms with Crippen LogP contribution in [-0.2, 0) is 4.79 Å². The highest BCUT2D eigenvalue weighted by Crippen LogP contribution is 2.33. The van der Waals surface area contributed by atoms with Crippen LogP contribution in [0.4, 0.5) is 5.82 Å². The van der Waals surface area contributed by atoms with Crippen molar-refractivity contribution in [2.75, 3.05) is 31.1 Å². The molecule has 2 aliphatic rings. The van der Waals surface area contributed by atoms with Gasteiger partial charge in [-0.25, -0.2) is 0 Å². The summed E-state index contributed by atoms with van der Waals surface area (Å²) in [5.41, 5.74) is 1.03. The fourth-order valence-corrected chi connectivity index (χ4v) is 5.26. The zero-order valence-electron chi connectivity index (χ0n) is 15.3. The van der Waals surface area contributed by atoms with Crippen LogP contribution in [-0.4, -0.2) is 50.9 Å². The quantitative estimate of drug-likeness (QED) is 0.557. The van der Waals surface area contributed by atoms with Gasteiger partial charge in [-0.05, 0) is 34.2 Å². The summed E-state index contributed by atoms with van der Waals surface area (Å²) < 4.78 is 8.30. The van der Waals surface area contributed by atoms with Gasteiger partial charge in [-0.3, -0.25) is 4.79 Å². The summed E-state index contributed by atoms with van der Waals surface area (Å²) in [6, 6.07) is 14.3. The van der Waals surface area contributed by atoms with E-state index in [1.54, 1.807) is 0 Å². The van der Waals surface area contributed by atoms with Crippen LogP contribution in [0.15, 0.2) is 52.4 Å². The average molecular weight is 442 g/mol. The van der Waals surface area contributed by atoms with E-state index in [4.69, 9.17) is 11.6 Å². The molecule has 1 fully saturated rings. The number of thioether (sulfide) groups is 1. The smallest absolute Gasteiger partial charge is 0.286 e. The van der Waals surface area contributed by atoms with E-state index in [-0.39, 0.29) is 5.91 Å². The first-order valence-electron chi connectivity index (χ1n) is 9.17. The number of anilines is 1. The first kappa shape index (κ1) is 18.6. The highest BCUT2D eigenvalue weighted by Gasteiger charge is 2.29. The van der Waals surface area contributed by atoms with E-state index in [9.17, 15) is 4.79 Å². The lowest BCUT2D eigenvalue weighted by Crippen LogP contribution is -2.48. The maximum absolute atomic E-state index is 12.5. The molecular weight excluding hydrogens is 426 g/mol. The van der Waals surface area contributed by atoms with Gasteiger partial charge < -0.3 is 9.80 Å². The number of carbonyl (C=O) groups is 1. The molecule has 1 aromatic heterocycles. The lowest BCUT2D eigenvalue weighted by Gasteiger charge is -2.35. The molecule has 3 aromatic rings. The van der Waals surface area contributed by atoms with Crippen molar-refractivity contribution in [3.63, 3.8) is 0 Å². The molecule has 0 bridgehead atoms. The molecule has 0 aliphatic carbocycles. The summed E-state index contributed by atoms with van der Waals surface area (Å²) in [6.45, 7) is 3.05. The minimum absolute atomic E-state index is 0.174. The minimum atomic E-state index is -0.174. The van der Waals surface area contributed by atoms with Crippen molar-refractivity contribution in [1.29, 1.82) is 0 Å². The van der Waals surface area contributed by atoms with Crippen LogP contribution in [0.25, 0.3) is 16.8 Å². The number of piperazine rings is 1. The third-order valence-electron chi connectivity index (χ3n) is 5.00. The number of hydrogen-bond donors (Lipinski definition) is 0. The number of hydrogen-bond acceptors (Lipinski definition) is 7. The van der Waals surface area contributed by atoms with Gasteiger partial charge in [0.1, 0.15) is 0 Å². The van der Waals surface area contributed by atoms with Crippen LogP contribution in [0, 0.1) is 0 Å². The Labute approximate surface area is 181 Å². The molecule has 2 aromatic carbocycles. The standard InChI is InChI=1S/C20H16ClN5OS2/c21-17-18(24-29-23-17)25-8-10-26(11-9-25)20-22-19(27)16(28-20)12-14-6-3-5-13-4-1-2-7-15(13)14/h1-7,12H,8-11H2/b16-12-.